The Morgan fingerprint density at radius 2 is 2.33 bits per heavy atom. The van der Waals surface area contributed by atoms with Crippen LogP contribution in [0.25, 0.3) is 0 Å². The molecule has 0 saturated heterocycles. The van der Waals surface area contributed by atoms with Crippen LogP contribution >= 0.6 is 11.3 Å². The Morgan fingerprint density at radius 1 is 1.47 bits per heavy atom. The molecule has 0 spiro atoms. The lowest BCUT2D eigenvalue weighted by Gasteiger charge is -2.10. The highest BCUT2D eigenvalue weighted by Crippen LogP contribution is 2.18. The zero-order valence-corrected chi connectivity index (χ0v) is 9.50. The summed E-state index contributed by atoms with van der Waals surface area (Å²) in [6, 6.07) is 8.21. The lowest BCUT2D eigenvalue weighted by molar-refractivity contribution is 0.702. The number of rotatable bonds is 3. The van der Waals surface area contributed by atoms with Crippen molar-refractivity contribution in [3.8, 4) is 0 Å². The second kappa shape index (κ2) is 4.55. The van der Waals surface area contributed by atoms with Gasteiger partial charge < -0.3 is 5.73 Å². The lowest BCUT2D eigenvalue weighted by Crippen LogP contribution is -2.14. The van der Waals surface area contributed by atoms with E-state index >= 15 is 0 Å². The first kappa shape index (κ1) is 10.3. The van der Waals surface area contributed by atoms with Crippen LogP contribution in [-0.2, 0) is 6.42 Å². The number of hydrogen-bond acceptors (Lipinski definition) is 3. The highest BCUT2D eigenvalue weighted by molar-refractivity contribution is 7.09. The minimum Gasteiger partial charge on any atom is -0.322 e. The van der Waals surface area contributed by atoms with E-state index < -0.39 is 0 Å². The first-order valence-electron chi connectivity index (χ1n) is 4.96. The van der Waals surface area contributed by atoms with E-state index in [4.69, 9.17) is 5.73 Å². The molecular formula is C12H14N2S. The number of nitrogens with two attached hydrogens (primary N) is 1. The van der Waals surface area contributed by atoms with Gasteiger partial charge in [0.25, 0.3) is 0 Å². The summed E-state index contributed by atoms with van der Waals surface area (Å²) in [5, 5.41) is 2.08. The van der Waals surface area contributed by atoms with Gasteiger partial charge in [0.2, 0.25) is 0 Å². The second-order valence-electron chi connectivity index (χ2n) is 3.65. The highest BCUT2D eigenvalue weighted by atomic mass is 32.1. The molecule has 0 radical (unpaired) electrons. The summed E-state index contributed by atoms with van der Waals surface area (Å²) in [6.07, 6.45) is 2.69. The largest absolute Gasteiger partial charge is 0.322 e. The van der Waals surface area contributed by atoms with E-state index in [1.807, 2.05) is 12.3 Å². The number of pyridine rings is 1. The molecule has 0 fully saturated rings. The fourth-order valence-corrected chi connectivity index (χ4v) is 2.28. The molecule has 3 heteroatoms. The fraction of sp³-hybridized carbons (Fsp3) is 0.250. The predicted molar refractivity (Wildman–Crippen MR) is 63.9 cm³/mol. The quantitative estimate of drug-likeness (QED) is 0.860. The summed E-state index contributed by atoms with van der Waals surface area (Å²) >= 11 is 1.74. The molecule has 0 aliphatic rings. The Kier molecular flexibility index (Phi) is 3.14. The molecule has 2 rings (SSSR count). The number of aryl methyl sites for hydroxylation is 1. The van der Waals surface area contributed by atoms with Crippen molar-refractivity contribution in [3.05, 3.63) is 52.0 Å². The topological polar surface area (TPSA) is 38.9 Å². The molecule has 0 aliphatic heterocycles. The van der Waals surface area contributed by atoms with Crippen LogP contribution in [-0.4, -0.2) is 4.98 Å². The zero-order valence-electron chi connectivity index (χ0n) is 8.68. The maximum absolute atomic E-state index is 6.10. The number of aromatic nitrogens is 1. The van der Waals surface area contributed by atoms with Gasteiger partial charge in [-0.3, -0.25) is 4.98 Å². The molecule has 1 unspecified atom stereocenters. The van der Waals surface area contributed by atoms with E-state index in [1.165, 1.54) is 10.4 Å². The summed E-state index contributed by atoms with van der Waals surface area (Å²) in [5.41, 5.74) is 8.28. The molecular weight excluding hydrogens is 204 g/mol. The van der Waals surface area contributed by atoms with Crippen LogP contribution in [0.2, 0.25) is 0 Å². The van der Waals surface area contributed by atoms with Gasteiger partial charge in [0.15, 0.2) is 0 Å². The molecule has 2 N–H and O–H groups in total. The number of hydrogen-bond donors (Lipinski definition) is 1. The minimum atomic E-state index is 0.00329. The first-order chi connectivity index (χ1) is 7.25. The second-order valence-corrected chi connectivity index (χ2v) is 4.68. The Labute approximate surface area is 93.8 Å². The average Bonchev–Trinajstić information content (AvgIpc) is 2.70. The van der Waals surface area contributed by atoms with Gasteiger partial charge in [-0.25, -0.2) is 0 Å². The standard InChI is InChI=1S/C12H14N2S/c1-9-4-5-14-12(7-9)11(13)8-10-3-2-6-15-10/h2-7,11H,8,13H2,1H3. The molecule has 2 aromatic heterocycles. The molecule has 15 heavy (non-hydrogen) atoms. The van der Waals surface area contributed by atoms with Gasteiger partial charge in [-0.2, -0.15) is 0 Å². The van der Waals surface area contributed by atoms with Crippen molar-refractivity contribution in [2.75, 3.05) is 0 Å². The number of nitrogens with zero attached hydrogens (tertiary/aromatic N) is 1. The van der Waals surface area contributed by atoms with Crippen LogP contribution in [0, 0.1) is 6.92 Å². The molecule has 0 amide bonds. The van der Waals surface area contributed by atoms with E-state index in [2.05, 4.69) is 35.5 Å². The summed E-state index contributed by atoms with van der Waals surface area (Å²) in [5.74, 6) is 0. The van der Waals surface area contributed by atoms with Crippen LogP contribution in [0.3, 0.4) is 0 Å². The molecule has 0 aliphatic carbocycles. The first-order valence-corrected chi connectivity index (χ1v) is 5.84. The van der Waals surface area contributed by atoms with Crippen molar-refractivity contribution in [1.29, 1.82) is 0 Å². The van der Waals surface area contributed by atoms with Gasteiger partial charge in [-0.1, -0.05) is 6.07 Å². The maximum atomic E-state index is 6.10. The Balaban J connectivity index is 2.11. The van der Waals surface area contributed by atoms with Crippen molar-refractivity contribution >= 4 is 11.3 Å². The number of thiophene rings is 1. The zero-order chi connectivity index (χ0) is 10.7. The van der Waals surface area contributed by atoms with Crippen molar-refractivity contribution in [2.45, 2.75) is 19.4 Å². The molecule has 2 nitrogen and oxygen atoms in total. The van der Waals surface area contributed by atoms with E-state index in [-0.39, 0.29) is 6.04 Å². The molecule has 78 valence electrons. The van der Waals surface area contributed by atoms with Crippen molar-refractivity contribution < 1.29 is 0 Å². The van der Waals surface area contributed by atoms with E-state index in [0.717, 1.165) is 12.1 Å². The third-order valence-electron chi connectivity index (χ3n) is 2.32. The summed E-state index contributed by atoms with van der Waals surface area (Å²) in [7, 11) is 0. The van der Waals surface area contributed by atoms with Crippen LogP contribution in [0.1, 0.15) is 22.2 Å². The molecule has 1 atom stereocenters. The predicted octanol–water partition coefficient (Wildman–Crippen LogP) is 2.69. The Morgan fingerprint density at radius 3 is 3.00 bits per heavy atom. The highest BCUT2D eigenvalue weighted by Gasteiger charge is 2.08. The van der Waals surface area contributed by atoms with E-state index in [9.17, 15) is 0 Å². The van der Waals surface area contributed by atoms with Crippen LogP contribution < -0.4 is 5.73 Å². The lowest BCUT2D eigenvalue weighted by atomic mass is 10.1. The third kappa shape index (κ3) is 2.64. The molecule has 2 heterocycles. The summed E-state index contributed by atoms with van der Waals surface area (Å²) in [4.78, 5) is 5.61. The van der Waals surface area contributed by atoms with Crippen molar-refractivity contribution in [2.24, 2.45) is 5.73 Å². The van der Waals surface area contributed by atoms with Gasteiger partial charge in [-0.15, -0.1) is 11.3 Å². The van der Waals surface area contributed by atoms with E-state index in [1.54, 1.807) is 11.3 Å². The van der Waals surface area contributed by atoms with Crippen LogP contribution in [0.5, 0.6) is 0 Å². The summed E-state index contributed by atoms with van der Waals surface area (Å²) < 4.78 is 0. The van der Waals surface area contributed by atoms with Gasteiger partial charge in [0.05, 0.1) is 11.7 Å². The minimum absolute atomic E-state index is 0.00329. The SMILES string of the molecule is Cc1ccnc(C(N)Cc2cccs2)c1. The maximum Gasteiger partial charge on any atom is 0.0577 e. The molecule has 0 aromatic carbocycles. The molecule has 0 saturated carbocycles. The Bertz CT molecular complexity index is 423. The normalized spacial score (nSPS) is 12.7. The van der Waals surface area contributed by atoms with Gasteiger partial charge in [0, 0.05) is 17.5 Å². The smallest absolute Gasteiger partial charge is 0.0577 e. The van der Waals surface area contributed by atoms with E-state index in [0.29, 0.717) is 0 Å². The fourth-order valence-electron chi connectivity index (χ4n) is 1.51. The van der Waals surface area contributed by atoms with Crippen LogP contribution in [0.4, 0.5) is 0 Å². The average molecular weight is 218 g/mol. The van der Waals surface area contributed by atoms with Crippen molar-refractivity contribution in [3.63, 3.8) is 0 Å². The van der Waals surface area contributed by atoms with Gasteiger partial charge in [0.1, 0.15) is 0 Å². The molecule has 0 bridgehead atoms. The molecule has 2 aromatic rings. The Hall–Kier alpha value is -1.19. The third-order valence-corrected chi connectivity index (χ3v) is 3.22. The monoisotopic (exact) mass is 218 g/mol. The van der Waals surface area contributed by atoms with Crippen LogP contribution in [0.15, 0.2) is 35.8 Å². The van der Waals surface area contributed by atoms with Crippen molar-refractivity contribution in [1.82, 2.24) is 4.98 Å². The van der Waals surface area contributed by atoms with Gasteiger partial charge >= 0.3 is 0 Å². The van der Waals surface area contributed by atoms with Gasteiger partial charge in [-0.05, 0) is 36.1 Å². The summed E-state index contributed by atoms with van der Waals surface area (Å²) in [6.45, 7) is 2.06.